The maximum absolute atomic E-state index is 13.0. The molecular formula is C27H34ClN5O2. The third kappa shape index (κ3) is 3.45. The molecule has 7 nitrogen and oxygen atoms in total. The number of piperidine rings is 1. The Hall–Kier alpha value is -2.41. The monoisotopic (exact) mass is 495 g/mol. The highest BCUT2D eigenvalue weighted by atomic mass is 35.5. The van der Waals surface area contributed by atoms with Gasteiger partial charge in [0.05, 0.1) is 17.2 Å². The van der Waals surface area contributed by atoms with E-state index in [2.05, 4.69) is 34.1 Å². The number of likely N-dealkylation sites (tertiary alicyclic amines) is 1. The molecule has 186 valence electrons. The number of rotatable bonds is 3. The van der Waals surface area contributed by atoms with Gasteiger partial charge in [0, 0.05) is 42.2 Å². The SMILES string of the molecule is CN1C(=O)CC[C@@]2(C)C1=C(Cl)CC1C2CC[C@]2(C)[C@@H](CC(=O)Nc3nc4ccncc4[nH]3)CC[C@@H]12. The number of allylic oxidation sites excluding steroid dienone is 2. The summed E-state index contributed by atoms with van der Waals surface area (Å²) in [5, 5.41) is 3.87. The van der Waals surface area contributed by atoms with Crippen molar-refractivity contribution in [3.8, 4) is 0 Å². The van der Waals surface area contributed by atoms with Crippen LogP contribution in [-0.2, 0) is 9.59 Å². The second-order valence-electron chi connectivity index (χ2n) is 11.8. The van der Waals surface area contributed by atoms with Crippen molar-refractivity contribution in [2.75, 3.05) is 12.4 Å². The molecule has 1 saturated heterocycles. The van der Waals surface area contributed by atoms with Crippen LogP contribution in [0.5, 0.6) is 0 Å². The van der Waals surface area contributed by atoms with Crippen LogP contribution in [0.25, 0.3) is 11.0 Å². The lowest BCUT2D eigenvalue weighted by molar-refractivity contribution is -0.136. The second-order valence-corrected chi connectivity index (χ2v) is 12.2. The number of carbonyl (C=O) groups is 2. The predicted molar refractivity (Wildman–Crippen MR) is 135 cm³/mol. The van der Waals surface area contributed by atoms with Gasteiger partial charge >= 0.3 is 0 Å². The first-order chi connectivity index (χ1) is 16.7. The van der Waals surface area contributed by atoms with Crippen LogP contribution in [0.15, 0.2) is 29.2 Å². The molecule has 1 aliphatic heterocycles. The van der Waals surface area contributed by atoms with E-state index < -0.39 is 0 Å². The number of carbonyl (C=O) groups excluding carboxylic acids is 2. The molecule has 6 rings (SSSR count). The van der Waals surface area contributed by atoms with E-state index in [1.54, 1.807) is 12.4 Å². The van der Waals surface area contributed by atoms with Gasteiger partial charge < -0.3 is 9.88 Å². The molecule has 3 aliphatic carbocycles. The summed E-state index contributed by atoms with van der Waals surface area (Å²) in [6, 6.07) is 1.83. The number of nitrogens with zero attached hydrogens (tertiary/aromatic N) is 3. The Bertz CT molecular complexity index is 1210. The van der Waals surface area contributed by atoms with Crippen molar-refractivity contribution in [2.24, 2.45) is 34.5 Å². The fourth-order valence-electron chi connectivity index (χ4n) is 8.45. The van der Waals surface area contributed by atoms with Crippen LogP contribution >= 0.6 is 11.6 Å². The van der Waals surface area contributed by atoms with Gasteiger partial charge in [-0.25, -0.2) is 4.98 Å². The van der Waals surface area contributed by atoms with Crippen molar-refractivity contribution in [1.29, 1.82) is 0 Å². The van der Waals surface area contributed by atoms with Gasteiger partial charge in [0.25, 0.3) is 0 Å². The molecule has 3 fully saturated rings. The second kappa shape index (κ2) is 8.05. The first-order valence-electron chi connectivity index (χ1n) is 13.0. The minimum absolute atomic E-state index is 0.0225. The molecule has 35 heavy (non-hydrogen) atoms. The lowest BCUT2D eigenvalue weighted by atomic mass is 9.49. The summed E-state index contributed by atoms with van der Waals surface area (Å²) in [6.45, 7) is 4.76. The molecule has 0 radical (unpaired) electrons. The summed E-state index contributed by atoms with van der Waals surface area (Å²) in [6.07, 6.45) is 10.8. The number of hydrogen-bond acceptors (Lipinski definition) is 4. The first kappa shape index (κ1) is 23.0. The number of halogens is 1. The van der Waals surface area contributed by atoms with Gasteiger partial charge in [0.1, 0.15) is 0 Å². The standard InChI is InChI=1S/C27H34ClN5O2/c1-26-9-6-18-16(13-19(28)24-27(18,2)10-7-23(35)33(24)3)17(26)5-4-15(26)12-22(34)32-25-30-20-8-11-29-14-21(20)31-25/h8,11,14-18H,4-7,9-10,12-13H2,1-3H3,(H2,30,31,32,34)/t15-,16?,17+,18?,26-,27-/m1/s1. The number of H-pyrrole nitrogens is 1. The third-order valence-corrected chi connectivity index (χ3v) is 10.5. The first-order valence-corrected chi connectivity index (χ1v) is 13.3. The van der Waals surface area contributed by atoms with Crippen LogP contribution in [0, 0.1) is 34.5 Å². The Labute approximate surface area is 211 Å². The summed E-state index contributed by atoms with van der Waals surface area (Å²) in [5.41, 5.74) is 2.80. The van der Waals surface area contributed by atoms with Gasteiger partial charge in [-0.05, 0) is 73.7 Å². The number of pyridine rings is 1. The Balaban J connectivity index is 1.20. The maximum atomic E-state index is 13.0. The maximum Gasteiger partial charge on any atom is 0.226 e. The molecule has 2 unspecified atom stereocenters. The lowest BCUT2D eigenvalue weighted by Gasteiger charge is -2.59. The van der Waals surface area contributed by atoms with E-state index in [9.17, 15) is 9.59 Å². The number of hydrogen-bond donors (Lipinski definition) is 2. The van der Waals surface area contributed by atoms with Crippen molar-refractivity contribution in [3.63, 3.8) is 0 Å². The van der Waals surface area contributed by atoms with Crippen LogP contribution in [0.2, 0.25) is 0 Å². The molecular weight excluding hydrogens is 462 g/mol. The molecule has 0 bridgehead atoms. The molecule has 6 atom stereocenters. The molecule has 4 aliphatic rings. The van der Waals surface area contributed by atoms with E-state index >= 15 is 0 Å². The number of aromatic amines is 1. The molecule has 0 aromatic carbocycles. The van der Waals surface area contributed by atoms with Crippen LogP contribution in [0.3, 0.4) is 0 Å². The molecule has 2 N–H and O–H groups in total. The minimum atomic E-state index is -0.0321. The van der Waals surface area contributed by atoms with Gasteiger partial charge in [0.2, 0.25) is 17.8 Å². The normalized spacial score (nSPS) is 36.7. The average molecular weight is 496 g/mol. The number of imidazole rings is 1. The quantitative estimate of drug-likeness (QED) is 0.591. The number of aromatic nitrogens is 3. The van der Waals surface area contributed by atoms with Crippen molar-refractivity contribution in [3.05, 3.63) is 29.2 Å². The zero-order valence-electron chi connectivity index (χ0n) is 20.7. The van der Waals surface area contributed by atoms with Crippen molar-refractivity contribution in [2.45, 2.75) is 65.2 Å². The van der Waals surface area contributed by atoms with Crippen LogP contribution in [-0.4, -0.2) is 38.7 Å². The van der Waals surface area contributed by atoms with E-state index in [1.807, 2.05) is 18.0 Å². The largest absolute Gasteiger partial charge is 0.323 e. The highest BCUT2D eigenvalue weighted by Crippen LogP contribution is 2.67. The van der Waals surface area contributed by atoms with E-state index in [0.717, 1.165) is 60.3 Å². The van der Waals surface area contributed by atoms with Crippen LogP contribution < -0.4 is 5.32 Å². The van der Waals surface area contributed by atoms with Crippen molar-refractivity contribution < 1.29 is 9.59 Å². The third-order valence-electron chi connectivity index (χ3n) is 10.2. The lowest BCUT2D eigenvalue weighted by Crippen LogP contribution is -2.54. The highest BCUT2D eigenvalue weighted by molar-refractivity contribution is 6.30. The Morgan fingerprint density at radius 2 is 2.09 bits per heavy atom. The zero-order chi connectivity index (χ0) is 24.5. The molecule has 2 saturated carbocycles. The predicted octanol–water partition coefficient (Wildman–Crippen LogP) is 5.46. The van der Waals surface area contributed by atoms with E-state index in [0.29, 0.717) is 42.5 Å². The van der Waals surface area contributed by atoms with Crippen molar-refractivity contribution in [1.82, 2.24) is 19.9 Å². The Morgan fingerprint density at radius 3 is 2.89 bits per heavy atom. The van der Waals surface area contributed by atoms with Gasteiger partial charge in [0.15, 0.2) is 0 Å². The fraction of sp³-hybridized carbons (Fsp3) is 0.630. The number of amides is 2. The summed E-state index contributed by atoms with van der Waals surface area (Å²) < 4.78 is 0. The van der Waals surface area contributed by atoms with E-state index in [4.69, 9.17) is 11.6 Å². The summed E-state index contributed by atoms with van der Waals surface area (Å²) in [7, 11) is 1.90. The Kier molecular flexibility index (Phi) is 5.30. The number of anilines is 1. The zero-order valence-corrected chi connectivity index (χ0v) is 21.5. The van der Waals surface area contributed by atoms with Crippen LogP contribution in [0.1, 0.15) is 65.2 Å². The number of nitrogens with one attached hydrogen (secondary N) is 2. The topological polar surface area (TPSA) is 91.0 Å². The van der Waals surface area contributed by atoms with Gasteiger partial charge in [-0.1, -0.05) is 25.4 Å². The van der Waals surface area contributed by atoms with E-state index in [1.165, 1.54) is 0 Å². The van der Waals surface area contributed by atoms with Gasteiger partial charge in [-0.2, -0.15) is 0 Å². The number of fused-ring (bicyclic) bond motifs is 6. The van der Waals surface area contributed by atoms with E-state index in [-0.39, 0.29) is 22.6 Å². The average Bonchev–Trinajstić information content (AvgIpc) is 3.37. The summed E-state index contributed by atoms with van der Waals surface area (Å²) >= 11 is 6.95. The molecule has 3 heterocycles. The summed E-state index contributed by atoms with van der Waals surface area (Å²) in [5.74, 6) is 2.68. The van der Waals surface area contributed by atoms with Gasteiger partial charge in [-0.3, -0.25) is 19.9 Å². The van der Waals surface area contributed by atoms with Crippen molar-refractivity contribution >= 4 is 40.4 Å². The van der Waals surface area contributed by atoms with Gasteiger partial charge in [-0.15, -0.1) is 0 Å². The molecule has 8 heteroatoms. The molecule has 0 spiro atoms. The molecule has 2 aromatic rings. The minimum Gasteiger partial charge on any atom is -0.323 e. The molecule has 2 amide bonds. The smallest absolute Gasteiger partial charge is 0.226 e. The highest BCUT2D eigenvalue weighted by Gasteiger charge is 2.60. The Morgan fingerprint density at radius 1 is 1.26 bits per heavy atom. The fourth-order valence-corrected chi connectivity index (χ4v) is 8.97. The summed E-state index contributed by atoms with van der Waals surface area (Å²) in [4.78, 5) is 39.0. The molecule has 2 aromatic heterocycles. The van der Waals surface area contributed by atoms with Crippen LogP contribution in [0.4, 0.5) is 5.95 Å².